The highest BCUT2D eigenvalue weighted by molar-refractivity contribution is 5.97. The molecule has 314 valence electrons. The van der Waals surface area contributed by atoms with E-state index >= 15 is 0 Å². The number of H-pyrrole nitrogens is 1. The summed E-state index contributed by atoms with van der Waals surface area (Å²) in [6.45, 7) is 5.19. The molecular formula is C32H57N15O9. The third-order valence-electron chi connectivity index (χ3n) is 8.04. The van der Waals surface area contributed by atoms with Crippen molar-refractivity contribution in [1.82, 2.24) is 41.9 Å². The SMILES string of the molecule is CC(C)[C@H](NC(=O)[C@H](CCCN=C(N)N)NC(=O)[C@H](CO)NC(=O)[C@H](C)NC(=O)[C@@H](N)Cc1cnc[nH]1)C(=O)N[C@@H](C)C(=O)N[C@@H](CCCN=C(N)N)C(=O)O. The number of imidazole rings is 1. The van der Waals surface area contributed by atoms with Crippen LogP contribution in [-0.2, 0) is 40.0 Å². The molecule has 0 saturated carbocycles. The number of aromatic nitrogens is 2. The van der Waals surface area contributed by atoms with Gasteiger partial charge in [-0.05, 0) is 45.4 Å². The Labute approximate surface area is 323 Å². The number of aliphatic imine (C=N–C) groups is 2. The maximum atomic E-state index is 13.6. The third kappa shape index (κ3) is 17.9. The Balaban J connectivity index is 3.00. The number of hydrogen-bond donors (Lipinski definition) is 14. The number of hydrogen-bond acceptors (Lipinski definition) is 12. The van der Waals surface area contributed by atoms with Crippen LogP contribution >= 0.6 is 0 Å². The molecule has 56 heavy (non-hydrogen) atoms. The summed E-state index contributed by atoms with van der Waals surface area (Å²) in [6, 6.07) is -8.91. The Morgan fingerprint density at radius 1 is 0.696 bits per heavy atom. The molecule has 0 aromatic carbocycles. The summed E-state index contributed by atoms with van der Waals surface area (Å²) in [5, 5.41) is 34.1. The van der Waals surface area contributed by atoms with Crippen molar-refractivity contribution in [2.75, 3.05) is 19.7 Å². The van der Waals surface area contributed by atoms with Gasteiger partial charge in [0.05, 0.1) is 19.0 Å². The molecule has 0 aliphatic carbocycles. The van der Waals surface area contributed by atoms with E-state index in [1.807, 2.05) is 0 Å². The minimum absolute atomic E-state index is 0.00209. The number of rotatable bonds is 25. The molecule has 0 bridgehead atoms. The van der Waals surface area contributed by atoms with Crippen LogP contribution in [0.2, 0.25) is 0 Å². The summed E-state index contributed by atoms with van der Waals surface area (Å²) in [6.07, 6.45) is 3.36. The minimum atomic E-state index is -1.57. The van der Waals surface area contributed by atoms with Crippen LogP contribution in [0.3, 0.4) is 0 Å². The summed E-state index contributed by atoms with van der Waals surface area (Å²) in [5.74, 6) is -7.16. The van der Waals surface area contributed by atoms with E-state index in [2.05, 4.69) is 51.9 Å². The van der Waals surface area contributed by atoms with E-state index in [0.29, 0.717) is 5.69 Å². The van der Waals surface area contributed by atoms with Gasteiger partial charge in [0.2, 0.25) is 35.4 Å². The van der Waals surface area contributed by atoms with E-state index in [9.17, 15) is 43.8 Å². The number of carboxylic acids is 1. The van der Waals surface area contributed by atoms with Gasteiger partial charge in [0.1, 0.15) is 36.3 Å². The molecule has 0 spiro atoms. The Kier molecular flexibility index (Phi) is 20.9. The van der Waals surface area contributed by atoms with Gasteiger partial charge in [-0.1, -0.05) is 13.8 Å². The monoisotopic (exact) mass is 795 g/mol. The number of carbonyl (C=O) groups excluding carboxylic acids is 6. The Bertz CT molecular complexity index is 1530. The molecule has 6 amide bonds. The summed E-state index contributed by atoms with van der Waals surface area (Å²) >= 11 is 0. The average Bonchev–Trinajstić information content (AvgIpc) is 3.63. The fraction of sp³-hybridized carbons (Fsp3) is 0.625. The topological polar surface area (TPSA) is 416 Å². The summed E-state index contributed by atoms with van der Waals surface area (Å²) in [4.78, 5) is 104. The lowest BCUT2D eigenvalue weighted by atomic mass is 10.0. The van der Waals surface area contributed by atoms with Crippen molar-refractivity contribution in [2.45, 2.75) is 102 Å². The number of amides is 6. The molecule has 1 aromatic heterocycles. The van der Waals surface area contributed by atoms with E-state index in [4.69, 9.17) is 28.7 Å². The van der Waals surface area contributed by atoms with E-state index in [-0.39, 0.29) is 57.1 Å². The molecule has 1 heterocycles. The van der Waals surface area contributed by atoms with Gasteiger partial charge >= 0.3 is 5.97 Å². The summed E-state index contributed by atoms with van der Waals surface area (Å²) in [5.41, 5.74) is 27.8. The first kappa shape index (κ1) is 48.0. The second-order valence-corrected chi connectivity index (χ2v) is 13.2. The van der Waals surface area contributed by atoms with Gasteiger partial charge in [0, 0.05) is 31.4 Å². The first-order chi connectivity index (χ1) is 26.3. The number of aliphatic hydroxyl groups is 1. The van der Waals surface area contributed by atoms with Crippen LogP contribution < -0.4 is 60.6 Å². The van der Waals surface area contributed by atoms with Crippen molar-refractivity contribution in [3.05, 3.63) is 18.2 Å². The number of aromatic amines is 1. The number of carboxylic acid groups (broad SMARTS) is 1. The maximum Gasteiger partial charge on any atom is 0.326 e. The lowest BCUT2D eigenvalue weighted by Gasteiger charge is -2.27. The standard InChI is InChI=1S/C32H57N15O9/c1-15(2)23(29(54)43-17(4)24(49)45-21(30(55)56)8-6-10-40-32(36)37)47-27(52)20(7-5-9-39-31(34)35)44-28(53)22(13-48)46-25(50)16(3)42-26(51)19(33)11-18-12-38-14-41-18/h12,14-17,19-23,48H,5-11,13,33H2,1-4H3,(H,38,41)(H,42,51)(H,43,54)(H,44,53)(H,45,49)(H,46,50)(H,47,52)(H,55,56)(H4,34,35,39)(H4,36,37,40)/t16-,17-,19-,20-,21-,22-,23-/m0/s1. The number of nitrogens with one attached hydrogen (secondary N) is 7. The van der Waals surface area contributed by atoms with Gasteiger partial charge < -0.3 is 75.8 Å². The van der Waals surface area contributed by atoms with E-state index < -0.39 is 96.2 Å². The predicted octanol–water partition coefficient (Wildman–Crippen LogP) is -5.93. The van der Waals surface area contributed by atoms with Gasteiger partial charge in [0.15, 0.2) is 11.9 Å². The first-order valence-electron chi connectivity index (χ1n) is 17.8. The highest BCUT2D eigenvalue weighted by atomic mass is 16.4. The molecule has 0 fully saturated rings. The van der Waals surface area contributed by atoms with Crippen LogP contribution in [0.4, 0.5) is 0 Å². The van der Waals surface area contributed by atoms with Crippen LogP contribution in [0, 0.1) is 5.92 Å². The van der Waals surface area contributed by atoms with Gasteiger partial charge in [-0.3, -0.25) is 38.8 Å². The molecule has 0 radical (unpaired) electrons. The Morgan fingerprint density at radius 2 is 1.18 bits per heavy atom. The van der Waals surface area contributed by atoms with Gasteiger partial charge in [-0.15, -0.1) is 0 Å². The molecule has 7 atom stereocenters. The van der Waals surface area contributed by atoms with Crippen LogP contribution in [0.25, 0.3) is 0 Å². The predicted molar refractivity (Wildman–Crippen MR) is 203 cm³/mol. The number of guanidine groups is 2. The highest BCUT2D eigenvalue weighted by Gasteiger charge is 2.33. The zero-order valence-corrected chi connectivity index (χ0v) is 31.9. The third-order valence-corrected chi connectivity index (χ3v) is 8.04. The molecule has 24 nitrogen and oxygen atoms in total. The smallest absolute Gasteiger partial charge is 0.326 e. The lowest BCUT2D eigenvalue weighted by molar-refractivity contribution is -0.142. The average molecular weight is 796 g/mol. The van der Waals surface area contributed by atoms with E-state index in [1.54, 1.807) is 13.8 Å². The first-order valence-corrected chi connectivity index (χ1v) is 17.8. The van der Waals surface area contributed by atoms with E-state index in [1.165, 1.54) is 26.4 Å². The van der Waals surface area contributed by atoms with Gasteiger partial charge in [-0.2, -0.15) is 0 Å². The van der Waals surface area contributed by atoms with E-state index in [0.717, 1.165) is 0 Å². The summed E-state index contributed by atoms with van der Waals surface area (Å²) in [7, 11) is 0. The fourth-order valence-electron chi connectivity index (χ4n) is 4.86. The molecule has 24 heteroatoms. The quantitative estimate of drug-likeness (QED) is 0.0249. The number of aliphatic hydroxyl groups excluding tert-OH is 1. The van der Waals surface area contributed by atoms with Crippen molar-refractivity contribution in [1.29, 1.82) is 0 Å². The highest BCUT2D eigenvalue weighted by Crippen LogP contribution is 2.07. The van der Waals surface area contributed by atoms with Crippen LogP contribution in [-0.4, -0.2) is 136 Å². The molecule has 0 saturated heterocycles. The second-order valence-electron chi connectivity index (χ2n) is 13.2. The lowest BCUT2D eigenvalue weighted by Crippen LogP contribution is -2.60. The van der Waals surface area contributed by atoms with Crippen molar-refractivity contribution < 1.29 is 43.8 Å². The molecule has 0 aliphatic rings. The normalized spacial score (nSPS) is 14.6. The number of carbonyl (C=O) groups is 7. The maximum absolute atomic E-state index is 13.6. The number of nitrogens with two attached hydrogens (primary N) is 5. The summed E-state index contributed by atoms with van der Waals surface area (Å²) < 4.78 is 0. The van der Waals surface area contributed by atoms with Crippen molar-refractivity contribution in [3.8, 4) is 0 Å². The zero-order chi connectivity index (χ0) is 42.5. The zero-order valence-electron chi connectivity index (χ0n) is 31.9. The molecule has 0 unspecified atom stereocenters. The van der Waals surface area contributed by atoms with Crippen molar-refractivity contribution in [2.24, 2.45) is 44.6 Å². The van der Waals surface area contributed by atoms with Gasteiger partial charge in [0.25, 0.3) is 0 Å². The number of nitrogens with zero attached hydrogens (tertiary/aromatic N) is 3. The van der Waals surface area contributed by atoms with Crippen molar-refractivity contribution >= 4 is 53.3 Å². The van der Waals surface area contributed by atoms with Crippen LogP contribution in [0.15, 0.2) is 22.5 Å². The molecular weight excluding hydrogens is 738 g/mol. The second kappa shape index (κ2) is 24.4. The molecule has 0 aliphatic heterocycles. The number of aliphatic carboxylic acids is 1. The van der Waals surface area contributed by atoms with Crippen LogP contribution in [0.1, 0.15) is 59.1 Å². The Hall–Kier alpha value is -6.04. The molecule has 1 aromatic rings. The fourth-order valence-corrected chi connectivity index (χ4v) is 4.86. The molecule has 1 rings (SSSR count). The van der Waals surface area contributed by atoms with Crippen LogP contribution in [0.5, 0.6) is 0 Å². The van der Waals surface area contributed by atoms with Gasteiger partial charge in [-0.25, -0.2) is 9.78 Å². The Morgan fingerprint density at radius 3 is 1.64 bits per heavy atom. The van der Waals surface area contributed by atoms with Crippen molar-refractivity contribution in [3.63, 3.8) is 0 Å². The minimum Gasteiger partial charge on any atom is -0.480 e. The largest absolute Gasteiger partial charge is 0.480 e. The molecule has 19 N–H and O–H groups in total.